The molecule has 0 aromatic heterocycles. The lowest BCUT2D eigenvalue weighted by Gasteiger charge is -2.14. The van der Waals surface area contributed by atoms with Crippen LogP contribution in [0.15, 0.2) is 15.0 Å². The third-order valence-corrected chi connectivity index (χ3v) is 3.64. The molecule has 78 valence electrons. The molecule has 0 heterocycles. The normalized spacial score (nSPS) is 11.9. The number of rotatable bonds is 0. The number of benzene rings is 1. The molecule has 0 fully saturated rings. The van der Waals surface area contributed by atoms with Crippen molar-refractivity contribution in [3.8, 4) is 0 Å². The second-order valence-electron chi connectivity index (χ2n) is 2.76. The van der Waals surface area contributed by atoms with E-state index in [-0.39, 0.29) is 10.2 Å². The minimum absolute atomic E-state index is 0.277. The minimum Gasteiger partial charge on any atom is -0.397 e. The molecular formula is C8H6Br2F3N. The van der Waals surface area contributed by atoms with E-state index in [1.165, 1.54) is 0 Å². The molecule has 0 amide bonds. The molecule has 2 N–H and O–H groups in total. The van der Waals surface area contributed by atoms with Crippen LogP contribution in [0.25, 0.3) is 0 Å². The summed E-state index contributed by atoms with van der Waals surface area (Å²) in [5.41, 5.74) is 4.89. The number of hydrogen-bond acceptors (Lipinski definition) is 1. The maximum Gasteiger partial charge on any atom is 0.418 e. The summed E-state index contributed by atoms with van der Waals surface area (Å²) < 4.78 is 37.9. The molecule has 0 spiro atoms. The van der Waals surface area contributed by atoms with Crippen LogP contribution in [0.2, 0.25) is 0 Å². The smallest absolute Gasteiger partial charge is 0.397 e. The number of nitrogen functional groups attached to an aromatic ring is 1. The summed E-state index contributed by atoms with van der Waals surface area (Å²) in [6, 6.07) is 0.982. The monoisotopic (exact) mass is 331 g/mol. The molecule has 6 heteroatoms. The lowest BCUT2D eigenvalue weighted by molar-refractivity contribution is -0.137. The van der Waals surface area contributed by atoms with Crippen LogP contribution >= 0.6 is 31.9 Å². The van der Waals surface area contributed by atoms with Crippen LogP contribution in [0, 0.1) is 6.92 Å². The van der Waals surface area contributed by atoms with Crippen LogP contribution in [0.5, 0.6) is 0 Å². The van der Waals surface area contributed by atoms with Crippen LogP contribution in [0.3, 0.4) is 0 Å². The summed E-state index contributed by atoms with van der Waals surface area (Å²) in [5, 5.41) is 0. The van der Waals surface area contributed by atoms with Crippen LogP contribution in [0.4, 0.5) is 18.9 Å². The van der Waals surface area contributed by atoms with E-state index in [9.17, 15) is 13.2 Å². The molecule has 0 atom stereocenters. The van der Waals surface area contributed by atoms with E-state index in [4.69, 9.17) is 5.73 Å². The number of anilines is 1. The first-order chi connectivity index (χ1) is 6.25. The average molecular weight is 333 g/mol. The number of nitrogens with two attached hydrogens (primary N) is 1. The number of halogens is 5. The van der Waals surface area contributed by atoms with Crippen LogP contribution in [-0.4, -0.2) is 0 Å². The summed E-state index contributed by atoms with van der Waals surface area (Å²) in [6.07, 6.45) is -4.43. The minimum atomic E-state index is -4.43. The second kappa shape index (κ2) is 3.73. The van der Waals surface area contributed by atoms with Gasteiger partial charge in [-0.05, 0) is 34.5 Å². The van der Waals surface area contributed by atoms with Crippen molar-refractivity contribution in [1.82, 2.24) is 0 Å². The van der Waals surface area contributed by atoms with E-state index in [0.29, 0.717) is 10.0 Å². The van der Waals surface area contributed by atoms with Gasteiger partial charge >= 0.3 is 6.18 Å². The van der Waals surface area contributed by atoms with E-state index < -0.39 is 11.7 Å². The molecule has 1 nitrogen and oxygen atoms in total. The Hall–Kier alpha value is -0.230. The quantitative estimate of drug-likeness (QED) is 0.710. The van der Waals surface area contributed by atoms with Crippen molar-refractivity contribution in [1.29, 1.82) is 0 Å². The lowest BCUT2D eigenvalue weighted by atomic mass is 10.1. The largest absolute Gasteiger partial charge is 0.418 e. The Kier molecular flexibility index (Phi) is 3.16. The second-order valence-corrected chi connectivity index (χ2v) is 4.40. The third kappa shape index (κ3) is 2.06. The molecule has 0 saturated carbocycles. The van der Waals surface area contributed by atoms with E-state index in [1.807, 2.05) is 0 Å². The Bertz CT molecular complexity index is 374. The predicted molar refractivity (Wildman–Crippen MR) is 56.0 cm³/mol. The summed E-state index contributed by atoms with van der Waals surface area (Å²) in [5.74, 6) is 0. The summed E-state index contributed by atoms with van der Waals surface area (Å²) >= 11 is 6.06. The SMILES string of the molecule is Cc1c(Br)cc(C(F)(F)F)c(N)c1Br. The fourth-order valence-electron chi connectivity index (χ4n) is 0.972. The summed E-state index contributed by atoms with van der Waals surface area (Å²) in [4.78, 5) is 0. The van der Waals surface area contributed by atoms with Gasteiger partial charge in [0.25, 0.3) is 0 Å². The maximum atomic E-state index is 12.4. The van der Waals surface area contributed by atoms with Gasteiger partial charge in [-0.15, -0.1) is 0 Å². The van der Waals surface area contributed by atoms with Crippen molar-refractivity contribution in [3.63, 3.8) is 0 Å². The van der Waals surface area contributed by atoms with Gasteiger partial charge in [0.2, 0.25) is 0 Å². The molecule has 0 aliphatic carbocycles. The van der Waals surface area contributed by atoms with Gasteiger partial charge in [-0.3, -0.25) is 0 Å². The third-order valence-electron chi connectivity index (χ3n) is 1.79. The van der Waals surface area contributed by atoms with Gasteiger partial charge in [-0.1, -0.05) is 15.9 Å². The zero-order valence-electron chi connectivity index (χ0n) is 7.04. The lowest BCUT2D eigenvalue weighted by Crippen LogP contribution is -2.10. The van der Waals surface area contributed by atoms with Crippen molar-refractivity contribution < 1.29 is 13.2 Å². The molecule has 1 aromatic carbocycles. The van der Waals surface area contributed by atoms with Gasteiger partial charge in [-0.25, -0.2) is 0 Å². The van der Waals surface area contributed by atoms with Crippen molar-refractivity contribution >= 4 is 37.5 Å². The van der Waals surface area contributed by atoms with E-state index in [1.54, 1.807) is 6.92 Å². The van der Waals surface area contributed by atoms with Gasteiger partial charge in [0, 0.05) is 8.95 Å². The highest BCUT2D eigenvalue weighted by atomic mass is 79.9. The summed E-state index contributed by atoms with van der Waals surface area (Å²) in [7, 11) is 0. The molecule has 0 aliphatic heterocycles. The maximum absolute atomic E-state index is 12.4. The van der Waals surface area contributed by atoms with Gasteiger partial charge in [0.05, 0.1) is 11.3 Å². The molecule has 1 rings (SSSR count). The van der Waals surface area contributed by atoms with E-state index >= 15 is 0 Å². The van der Waals surface area contributed by atoms with E-state index in [2.05, 4.69) is 31.9 Å². The highest BCUT2D eigenvalue weighted by Gasteiger charge is 2.34. The van der Waals surface area contributed by atoms with Crippen LogP contribution in [0.1, 0.15) is 11.1 Å². The van der Waals surface area contributed by atoms with Gasteiger partial charge in [0.15, 0.2) is 0 Å². The Morgan fingerprint density at radius 1 is 1.29 bits per heavy atom. The van der Waals surface area contributed by atoms with E-state index in [0.717, 1.165) is 6.07 Å². The van der Waals surface area contributed by atoms with Crippen molar-refractivity contribution in [2.45, 2.75) is 13.1 Å². The zero-order valence-corrected chi connectivity index (χ0v) is 10.2. The van der Waals surface area contributed by atoms with Crippen molar-refractivity contribution in [2.24, 2.45) is 0 Å². The first kappa shape index (κ1) is 11.8. The fraction of sp³-hybridized carbons (Fsp3) is 0.250. The summed E-state index contributed by atoms with van der Waals surface area (Å²) in [6.45, 7) is 1.67. The van der Waals surface area contributed by atoms with Gasteiger partial charge in [0.1, 0.15) is 0 Å². The number of alkyl halides is 3. The molecule has 0 bridgehead atoms. The van der Waals surface area contributed by atoms with Gasteiger partial charge < -0.3 is 5.73 Å². The fourth-order valence-corrected chi connectivity index (χ4v) is 2.09. The van der Waals surface area contributed by atoms with Crippen molar-refractivity contribution in [2.75, 3.05) is 5.73 Å². The first-order valence-electron chi connectivity index (χ1n) is 3.56. The molecule has 14 heavy (non-hydrogen) atoms. The Labute approximate surface area is 95.7 Å². The van der Waals surface area contributed by atoms with Gasteiger partial charge in [-0.2, -0.15) is 13.2 Å². The highest BCUT2D eigenvalue weighted by molar-refractivity contribution is 9.11. The molecule has 1 aromatic rings. The topological polar surface area (TPSA) is 26.0 Å². The van der Waals surface area contributed by atoms with Crippen LogP contribution < -0.4 is 5.73 Å². The number of hydrogen-bond donors (Lipinski definition) is 1. The predicted octanol–water partition coefficient (Wildman–Crippen LogP) is 4.12. The Morgan fingerprint density at radius 2 is 1.79 bits per heavy atom. The standard InChI is InChI=1S/C8H6Br2F3N/c1-3-5(9)2-4(8(11,12)13)7(14)6(3)10/h2H,14H2,1H3. The molecule has 0 saturated heterocycles. The highest BCUT2D eigenvalue weighted by Crippen LogP contribution is 2.41. The molecule has 0 radical (unpaired) electrons. The molecule has 0 aliphatic rings. The first-order valence-corrected chi connectivity index (χ1v) is 5.15. The van der Waals surface area contributed by atoms with Crippen LogP contribution in [-0.2, 0) is 6.18 Å². The Balaban J connectivity index is 3.49. The Morgan fingerprint density at radius 3 is 2.21 bits per heavy atom. The zero-order chi connectivity index (χ0) is 11.1. The molecular weight excluding hydrogens is 327 g/mol. The van der Waals surface area contributed by atoms with Crippen molar-refractivity contribution in [3.05, 3.63) is 26.1 Å². The molecule has 0 unspecified atom stereocenters. The average Bonchev–Trinajstić information content (AvgIpc) is 2.06.